The van der Waals surface area contributed by atoms with Crippen molar-refractivity contribution < 1.29 is 111 Å². The molecule has 6 nitrogen and oxygen atoms in total. The van der Waals surface area contributed by atoms with Crippen molar-refractivity contribution in [3.8, 4) is 0 Å². The van der Waals surface area contributed by atoms with Crippen LogP contribution in [0.4, 0.5) is 0 Å². The molecule has 0 radical (unpaired) electrons. The summed E-state index contributed by atoms with van der Waals surface area (Å²) in [6.07, 6.45) is 0. The van der Waals surface area contributed by atoms with Crippen LogP contribution in [0, 0.1) is 0 Å². The fourth-order valence-electron chi connectivity index (χ4n) is 0. The van der Waals surface area contributed by atoms with Gasteiger partial charge >= 0.3 is 88.3 Å². The van der Waals surface area contributed by atoms with E-state index in [9.17, 15) is 0 Å². The standard InChI is InChI=1S/BH3O3.BHO3.K.Na/c2*2-1(3)4;;/h2-4H;2H;;/q;-2;2*+1. The second kappa shape index (κ2) is 17.6. The molecule has 0 bridgehead atoms. The van der Waals surface area contributed by atoms with Crippen molar-refractivity contribution in [3.63, 3.8) is 0 Å². The normalized spacial score (nSPS) is 5.40. The fourth-order valence-corrected chi connectivity index (χ4v) is 0. The first-order valence-corrected chi connectivity index (χ1v) is 1.50. The van der Waals surface area contributed by atoms with E-state index in [-0.39, 0.29) is 80.9 Å². The summed E-state index contributed by atoms with van der Waals surface area (Å²) in [5.41, 5.74) is 0. The molecule has 0 spiro atoms. The SMILES string of the molecule is OB(O)O.[K+].[Na+].[O-]B([O-])O. The van der Waals surface area contributed by atoms with Gasteiger partial charge < -0.3 is 30.1 Å². The Kier molecular flexibility index (Phi) is 40.2. The van der Waals surface area contributed by atoms with Gasteiger partial charge in [0, 0.05) is 0 Å². The van der Waals surface area contributed by atoms with Gasteiger partial charge in [0.2, 0.25) is 0 Å². The third-order valence-corrected chi connectivity index (χ3v) is 0. The van der Waals surface area contributed by atoms with Crippen LogP contribution in [-0.2, 0) is 0 Å². The van der Waals surface area contributed by atoms with Gasteiger partial charge in [-0.05, 0) is 0 Å². The van der Waals surface area contributed by atoms with Crippen LogP contribution in [0.25, 0.3) is 0 Å². The topological polar surface area (TPSA) is 127 Å². The van der Waals surface area contributed by atoms with Crippen LogP contribution in [0.1, 0.15) is 0 Å². The summed E-state index contributed by atoms with van der Waals surface area (Å²) >= 11 is 0. The number of rotatable bonds is 0. The van der Waals surface area contributed by atoms with E-state index >= 15 is 0 Å². The molecule has 0 aliphatic rings. The van der Waals surface area contributed by atoms with Gasteiger partial charge in [0.15, 0.2) is 0 Å². The second-order valence-electron chi connectivity index (χ2n) is 0.653. The molecule has 10 heteroatoms. The van der Waals surface area contributed by atoms with Crippen molar-refractivity contribution in [2.45, 2.75) is 0 Å². The van der Waals surface area contributed by atoms with Crippen LogP contribution in [0.15, 0.2) is 0 Å². The van der Waals surface area contributed by atoms with Crippen molar-refractivity contribution in [3.05, 3.63) is 0 Å². The molecular formula is H4B2KNaO6. The van der Waals surface area contributed by atoms with Gasteiger partial charge in [-0.3, -0.25) is 0 Å². The van der Waals surface area contributed by atoms with E-state index in [1.165, 1.54) is 0 Å². The molecule has 0 unspecified atom stereocenters. The smallest absolute Gasteiger partial charge is 0.871 e. The van der Waals surface area contributed by atoms with E-state index in [1.807, 2.05) is 0 Å². The predicted molar refractivity (Wildman–Crippen MR) is 20.4 cm³/mol. The summed E-state index contributed by atoms with van der Waals surface area (Å²) in [4.78, 5) is 0. The summed E-state index contributed by atoms with van der Waals surface area (Å²) < 4.78 is 0. The van der Waals surface area contributed by atoms with Crippen LogP contribution in [0.3, 0.4) is 0 Å². The summed E-state index contributed by atoms with van der Waals surface area (Å²) in [5, 5.41) is 45.5. The summed E-state index contributed by atoms with van der Waals surface area (Å²) in [7, 11) is -4.83. The minimum absolute atomic E-state index is 0. The fraction of sp³-hybridized carbons (Fsp3) is 0. The van der Waals surface area contributed by atoms with Gasteiger partial charge in [0.05, 0.1) is 7.32 Å². The molecule has 4 N–H and O–H groups in total. The van der Waals surface area contributed by atoms with Crippen molar-refractivity contribution >= 4 is 14.6 Å². The quantitative estimate of drug-likeness (QED) is 0.276. The predicted octanol–water partition coefficient (Wildman–Crippen LogP) is -11.4. The van der Waals surface area contributed by atoms with Crippen LogP contribution >= 0.6 is 0 Å². The third kappa shape index (κ3) is 150. The zero-order valence-electron chi connectivity index (χ0n) is 5.76. The van der Waals surface area contributed by atoms with Crippen molar-refractivity contribution in [2.24, 2.45) is 0 Å². The van der Waals surface area contributed by atoms with Crippen molar-refractivity contribution in [1.29, 1.82) is 0 Å². The maximum absolute atomic E-state index is 8.53. The summed E-state index contributed by atoms with van der Waals surface area (Å²) in [6, 6.07) is 0. The van der Waals surface area contributed by atoms with E-state index in [0.29, 0.717) is 0 Å². The molecule has 0 amide bonds. The third-order valence-electron chi connectivity index (χ3n) is 0. The molecule has 0 aromatic carbocycles. The Morgan fingerprint density at radius 3 is 0.900 bits per heavy atom. The molecule has 0 heterocycles. The molecule has 10 heavy (non-hydrogen) atoms. The first kappa shape index (κ1) is 22.9. The minimum Gasteiger partial charge on any atom is -0.871 e. The van der Waals surface area contributed by atoms with E-state index in [0.717, 1.165) is 0 Å². The molecule has 0 fully saturated rings. The maximum atomic E-state index is 8.53. The largest absolute Gasteiger partial charge is 1.00 e. The number of hydrogen-bond donors (Lipinski definition) is 4. The molecule has 0 aromatic heterocycles. The van der Waals surface area contributed by atoms with Gasteiger partial charge in [-0.25, -0.2) is 0 Å². The zero-order chi connectivity index (χ0) is 7.15. The molecule has 0 aliphatic heterocycles. The monoisotopic (exact) mass is 184 g/mol. The average molecular weight is 184 g/mol. The van der Waals surface area contributed by atoms with Crippen molar-refractivity contribution in [2.75, 3.05) is 0 Å². The van der Waals surface area contributed by atoms with Crippen molar-refractivity contribution in [1.82, 2.24) is 0 Å². The Labute approximate surface area is 123 Å². The van der Waals surface area contributed by atoms with Crippen LogP contribution < -0.4 is 91.0 Å². The van der Waals surface area contributed by atoms with Gasteiger partial charge in [-0.15, -0.1) is 0 Å². The van der Waals surface area contributed by atoms with Crippen LogP contribution in [0.2, 0.25) is 0 Å². The van der Waals surface area contributed by atoms with Gasteiger partial charge in [-0.1, -0.05) is 0 Å². The number of hydrogen-bond acceptors (Lipinski definition) is 6. The van der Waals surface area contributed by atoms with E-state index in [2.05, 4.69) is 0 Å². The Morgan fingerprint density at radius 1 is 0.900 bits per heavy atom. The Bertz CT molecular complexity index is 31.2. The van der Waals surface area contributed by atoms with Gasteiger partial charge in [0.1, 0.15) is 0 Å². The minimum atomic E-state index is -2.67. The first-order chi connectivity index (χ1) is 3.46. The Morgan fingerprint density at radius 2 is 0.900 bits per heavy atom. The molecular weight excluding hydrogens is 180 g/mol. The summed E-state index contributed by atoms with van der Waals surface area (Å²) in [6.45, 7) is 0. The molecule has 48 valence electrons. The maximum Gasteiger partial charge on any atom is 1.00 e. The molecule has 0 atom stereocenters. The van der Waals surface area contributed by atoms with Crippen LogP contribution in [-0.4, -0.2) is 34.7 Å². The molecule has 0 aliphatic carbocycles. The Balaban J connectivity index is -0.0000000300. The van der Waals surface area contributed by atoms with E-state index in [4.69, 9.17) is 30.1 Å². The average Bonchev–Trinajstić information content (AvgIpc) is 1.25. The zero-order valence-corrected chi connectivity index (χ0v) is 10.9. The summed E-state index contributed by atoms with van der Waals surface area (Å²) in [5.74, 6) is 0. The van der Waals surface area contributed by atoms with E-state index in [1.54, 1.807) is 0 Å². The van der Waals surface area contributed by atoms with Gasteiger partial charge in [0.25, 0.3) is 0 Å². The second-order valence-corrected chi connectivity index (χ2v) is 0.653. The molecule has 0 aromatic rings. The van der Waals surface area contributed by atoms with Gasteiger partial charge in [-0.2, -0.15) is 0 Å². The first-order valence-electron chi connectivity index (χ1n) is 1.50. The Hall–Kier alpha value is 2.53. The molecule has 0 rings (SSSR count). The van der Waals surface area contributed by atoms with Crippen LogP contribution in [0.5, 0.6) is 0 Å². The molecule has 0 saturated heterocycles. The molecule has 0 saturated carbocycles. The van der Waals surface area contributed by atoms with E-state index < -0.39 is 14.6 Å².